The molecule has 0 radical (unpaired) electrons. The number of carbonyl (C=O) groups is 2. The van der Waals surface area contributed by atoms with Gasteiger partial charge in [-0.05, 0) is 17.7 Å². The summed E-state index contributed by atoms with van der Waals surface area (Å²) in [6.45, 7) is 3.61. The fraction of sp³-hybridized carbons (Fsp3) is 0.385. The first-order valence-corrected chi connectivity index (χ1v) is 6.43. The highest BCUT2D eigenvalue weighted by Gasteiger charge is 2.38. The zero-order valence-electron chi connectivity index (χ0n) is 11.3. The summed E-state index contributed by atoms with van der Waals surface area (Å²) in [5, 5.41) is 4.48. The number of hydrogen-bond acceptors (Lipinski definition) is 2. The maximum Gasteiger partial charge on any atom is 0.471 e. The van der Waals surface area contributed by atoms with Crippen LogP contribution in [0.25, 0.3) is 0 Å². The van der Waals surface area contributed by atoms with E-state index in [-0.39, 0.29) is 29.1 Å². The number of carbonyl (C=O) groups excluding carboxylic acids is 2. The van der Waals surface area contributed by atoms with Crippen molar-refractivity contribution in [1.82, 2.24) is 5.32 Å². The molecule has 0 aliphatic heterocycles. The number of hydrogen-bond donors (Lipinski definition) is 2. The topological polar surface area (TPSA) is 58.2 Å². The Balaban J connectivity index is 2.73. The molecule has 8 heteroatoms. The number of anilines is 1. The highest BCUT2D eigenvalue weighted by molar-refractivity contribution is 6.31. The van der Waals surface area contributed by atoms with Gasteiger partial charge in [0.15, 0.2) is 0 Å². The third-order valence-corrected chi connectivity index (χ3v) is 2.90. The molecule has 0 heterocycles. The minimum absolute atomic E-state index is 0.0683. The van der Waals surface area contributed by atoms with E-state index < -0.39 is 12.1 Å². The second-order valence-electron chi connectivity index (χ2n) is 4.63. The third kappa shape index (κ3) is 5.26. The molecule has 1 aromatic rings. The third-order valence-electron chi connectivity index (χ3n) is 2.55. The van der Waals surface area contributed by atoms with Crippen LogP contribution in [0, 0.1) is 5.92 Å². The predicted octanol–water partition coefficient (Wildman–Crippen LogP) is 3.11. The summed E-state index contributed by atoms with van der Waals surface area (Å²) in [7, 11) is 0. The van der Waals surface area contributed by atoms with Gasteiger partial charge in [-0.3, -0.25) is 9.59 Å². The molecular weight excluding hydrogens is 309 g/mol. The number of amides is 2. The zero-order chi connectivity index (χ0) is 16.2. The highest BCUT2D eigenvalue weighted by Crippen LogP contribution is 2.23. The Labute approximate surface area is 124 Å². The molecule has 2 N–H and O–H groups in total. The molecule has 0 spiro atoms. The van der Waals surface area contributed by atoms with E-state index in [2.05, 4.69) is 5.32 Å². The summed E-state index contributed by atoms with van der Waals surface area (Å²) in [5.74, 6) is -2.42. The van der Waals surface area contributed by atoms with Gasteiger partial charge in [-0.15, -0.1) is 0 Å². The van der Waals surface area contributed by atoms with Crippen LogP contribution in [-0.4, -0.2) is 18.0 Å². The molecular formula is C13H14ClF3N2O2. The lowest BCUT2D eigenvalue weighted by molar-refractivity contribution is -0.167. The van der Waals surface area contributed by atoms with Crippen LogP contribution in [0.5, 0.6) is 0 Å². The summed E-state index contributed by atoms with van der Waals surface area (Å²) >= 11 is 5.91. The van der Waals surface area contributed by atoms with E-state index in [0.29, 0.717) is 5.56 Å². The van der Waals surface area contributed by atoms with Crippen molar-refractivity contribution in [1.29, 1.82) is 0 Å². The normalized spacial score (nSPS) is 11.4. The van der Waals surface area contributed by atoms with Gasteiger partial charge in [0.1, 0.15) is 0 Å². The van der Waals surface area contributed by atoms with Crippen molar-refractivity contribution in [2.75, 3.05) is 5.32 Å². The van der Waals surface area contributed by atoms with Gasteiger partial charge in [0.05, 0.1) is 0 Å². The van der Waals surface area contributed by atoms with Crippen molar-refractivity contribution in [3.05, 3.63) is 28.8 Å². The molecule has 0 aliphatic rings. The SMILES string of the molecule is CC(C)C(=O)NCc1ccc(NC(=O)C(F)(F)F)cc1Cl. The molecule has 0 saturated heterocycles. The molecule has 0 aliphatic carbocycles. The Bertz CT molecular complexity index is 545. The number of rotatable bonds is 4. The average molecular weight is 323 g/mol. The quantitative estimate of drug-likeness (QED) is 0.895. The summed E-state index contributed by atoms with van der Waals surface area (Å²) in [6, 6.07) is 3.92. The van der Waals surface area contributed by atoms with Gasteiger partial charge in [-0.1, -0.05) is 31.5 Å². The smallest absolute Gasteiger partial charge is 0.352 e. The first-order chi connectivity index (χ1) is 9.61. The molecule has 1 aromatic carbocycles. The van der Waals surface area contributed by atoms with Crippen LogP contribution < -0.4 is 10.6 Å². The second kappa shape index (κ2) is 6.80. The maximum absolute atomic E-state index is 12.1. The maximum atomic E-state index is 12.1. The lowest BCUT2D eigenvalue weighted by Gasteiger charge is -2.11. The zero-order valence-corrected chi connectivity index (χ0v) is 12.1. The summed E-state index contributed by atoms with van der Waals surface area (Å²) in [5.41, 5.74) is 0.469. The first kappa shape index (κ1) is 17.3. The molecule has 116 valence electrons. The van der Waals surface area contributed by atoms with Gasteiger partial charge in [0.25, 0.3) is 0 Å². The van der Waals surface area contributed by atoms with E-state index in [1.807, 2.05) is 0 Å². The Kier molecular flexibility index (Phi) is 5.60. The van der Waals surface area contributed by atoms with Crippen molar-refractivity contribution in [3.63, 3.8) is 0 Å². The first-order valence-electron chi connectivity index (χ1n) is 6.05. The molecule has 0 aromatic heterocycles. The van der Waals surface area contributed by atoms with Crippen LogP contribution in [0.2, 0.25) is 5.02 Å². The van der Waals surface area contributed by atoms with Gasteiger partial charge in [-0.2, -0.15) is 13.2 Å². The largest absolute Gasteiger partial charge is 0.471 e. The van der Waals surface area contributed by atoms with Crippen molar-refractivity contribution in [2.45, 2.75) is 26.6 Å². The summed E-state index contributed by atoms with van der Waals surface area (Å²) in [4.78, 5) is 22.2. The monoisotopic (exact) mass is 322 g/mol. The fourth-order valence-corrected chi connectivity index (χ4v) is 1.60. The van der Waals surface area contributed by atoms with E-state index >= 15 is 0 Å². The lowest BCUT2D eigenvalue weighted by atomic mass is 10.1. The molecule has 1 rings (SSSR count). The minimum atomic E-state index is -4.96. The van der Waals surface area contributed by atoms with Gasteiger partial charge in [-0.25, -0.2) is 0 Å². The van der Waals surface area contributed by atoms with Crippen LogP contribution in [0.4, 0.5) is 18.9 Å². The molecule has 2 amide bonds. The van der Waals surface area contributed by atoms with E-state index in [1.165, 1.54) is 18.2 Å². The molecule has 4 nitrogen and oxygen atoms in total. The fourth-order valence-electron chi connectivity index (χ4n) is 1.36. The van der Waals surface area contributed by atoms with Gasteiger partial charge in [0.2, 0.25) is 5.91 Å². The number of benzene rings is 1. The lowest BCUT2D eigenvalue weighted by Crippen LogP contribution is -2.30. The van der Waals surface area contributed by atoms with Crippen LogP contribution >= 0.6 is 11.6 Å². The molecule has 0 bridgehead atoms. The standard InChI is InChI=1S/C13H14ClF3N2O2/c1-7(2)11(20)18-6-8-3-4-9(5-10(8)14)19-12(21)13(15,16)17/h3-5,7H,6H2,1-2H3,(H,18,20)(H,19,21). The Hall–Kier alpha value is -1.76. The van der Waals surface area contributed by atoms with Crippen LogP contribution in [0.1, 0.15) is 19.4 Å². The Morgan fingerprint density at radius 2 is 1.90 bits per heavy atom. The summed E-state index contributed by atoms with van der Waals surface area (Å²) in [6.07, 6.45) is -4.96. The van der Waals surface area contributed by atoms with E-state index in [4.69, 9.17) is 11.6 Å². The van der Waals surface area contributed by atoms with E-state index in [1.54, 1.807) is 19.2 Å². The molecule has 0 saturated carbocycles. The average Bonchev–Trinajstić information content (AvgIpc) is 2.36. The predicted molar refractivity (Wildman–Crippen MR) is 72.8 cm³/mol. The van der Waals surface area contributed by atoms with Crippen LogP contribution in [0.15, 0.2) is 18.2 Å². The highest BCUT2D eigenvalue weighted by atomic mass is 35.5. The number of alkyl halides is 3. The van der Waals surface area contributed by atoms with E-state index in [9.17, 15) is 22.8 Å². The van der Waals surface area contributed by atoms with Gasteiger partial charge < -0.3 is 10.6 Å². The molecule has 0 unspecified atom stereocenters. The summed E-state index contributed by atoms with van der Waals surface area (Å²) < 4.78 is 36.3. The molecule has 0 atom stereocenters. The Morgan fingerprint density at radius 1 is 1.29 bits per heavy atom. The van der Waals surface area contributed by atoms with Gasteiger partial charge in [0, 0.05) is 23.2 Å². The molecule has 0 fully saturated rings. The van der Waals surface area contributed by atoms with Gasteiger partial charge >= 0.3 is 12.1 Å². The van der Waals surface area contributed by atoms with Crippen molar-refractivity contribution in [2.24, 2.45) is 5.92 Å². The number of nitrogens with one attached hydrogen (secondary N) is 2. The minimum Gasteiger partial charge on any atom is -0.352 e. The van der Waals surface area contributed by atoms with Crippen LogP contribution in [-0.2, 0) is 16.1 Å². The second-order valence-corrected chi connectivity index (χ2v) is 5.04. The number of halogens is 4. The molecule has 21 heavy (non-hydrogen) atoms. The van der Waals surface area contributed by atoms with Crippen molar-refractivity contribution < 1.29 is 22.8 Å². The van der Waals surface area contributed by atoms with Crippen molar-refractivity contribution in [3.8, 4) is 0 Å². The van der Waals surface area contributed by atoms with Crippen LogP contribution in [0.3, 0.4) is 0 Å². The van der Waals surface area contributed by atoms with Crippen molar-refractivity contribution >= 4 is 29.1 Å². The van der Waals surface area contributed by atoms with E-state index in [0.717, 1.165) is 0 Å². The Morgan fingerprint density at radius 3 is 2.38 bits per heavy atom.